The number of amides is 3. The number of carbonyl (C=O) groups excluding carboxylic acids is 5. The van der Waals surface area contributed by atoms with Crippen LogP contribution in [0.15, 0.2) is 30.3 Å². The second kappa shape index (κ2) is 14.7. The van der Waals surface area contributed by atoms with E-state index in [1.165, 1.54) is 6.92 Å². The summed E-state index contributed by atoms with van der Waals surface area (Å²) in [6.07, 6.45) is 0.427. The Labute approximate surface area is 221 Å². The number of carbonyl (C=O) groups is 5. The van der Waals surface area contributed by atoms with Crippen molar-refractivity contribution in [3.63, 3.8) is 0 Å². The lowest BCUT2D eigenvalue weighted by Crippen LogP contribution is -2.56. The summed E-state index contributed by atoms with van der Waals surface area (Å²) in [5.41, 5.74) is 0.282. The molecular formula is C26H38BrN3O6. The molecule has 0 bridgehead atoms. The molecule has 10 heteroatoms. The van der Waals surface area contributed by atoms with Crippen LogP contribution in [0.1, 0.15) is 59.9 Å². The Morgan fingerprint density at radius 2 is 1.53 bits per heavy atom. The van der Waals surface area contributed by atoms with Crippen LogP contribution >= 0.6 is 15.9 Å². The normalized spacial score (nSPS) is 13.8. The Balaban J connectivity index is 2.72. The van der Waals surface area contributed by atoms with Crippen LogP contribution in [-0.2, 0) is 35.1 Å². The topological polar surface area (TPSA) is 131 Å². The van der Waals surface area contributed by atoms with Gasteiger partial charge in [0.05, 0.1) is 17.8 Å². The van der Waals surface area contributed by atoms with Gasteiger partial charge in [0.15, 0.2) is 5.78 Å². The van der Waals surface area contributed by atoms with E-state index >= 15 is 0 Å². The summed E-state index contributed by atoms with van der Waals surface area (Å²) in [6, 6.07) is 6.59. The van der Waals surface area contributed by atoms with Gasteiger partial charge in [0.2, 0.25) is 17.7 Å². The third-order valence-corrected chi connectivity index (χ3v) is 5.68. The van der Waals surface area contributed by atoms with Crippen LogP contribution < -0.4 is 16.0 Å². The molecule has 0 saturated carbocycles. The number of ether oxygens (including phenoxy) is 1. The molecule has 3 atom stereocenters. The van der Waals surface area contributed by atoms with Crippen molar-refractivity contribution >= 4 is 45.4 Å². The standard InChI is InChI=1S/C26H38BrN3O6/c1-16(2)23(30-21(32)13-12-18-10-8-7-9-11-18)25(35)28-17(3)24(34)29-19(20(31)15-27)14-22(33)36-26(4,5)6/h7-11,16-17,19,23H,12-15H2,1-6H3,(H,28,35)(H,29,34)(H,30,32)/t17-,19?,23-/m0/s1. The van der Waals surface area contributed by atoms with Gasteiger partial charge in [0, 0.05) is 6.42 Å². The summed E-state index contributed by atoms with van der Waals surface area (Å²) >= 11 is 3.06. The van der Waals surface area contributed by atoms with Crippen LogP contribution in [0, 0.1) is 5.92 Å². The van der Waals surface area contributed by atoms with E-state index in [1.54, 1.807) is 34.6 Å². The van der Waals surface area contributed by atoms with Crippen molar-refractivity contribution in [1.82, 2.24) is 16.0 Å². The van der Waals surface area contributed by atoms with Crippen LogP contribution in [-0.4, -0.2) is 58.5 Å². The lowest BCUT2D eigenvalue weighted by molar-refractivity contribution is -0.156. The molecule has 0 fully saturated rings. The monoisotopic (exact) mass is 567 g/mol. The molecule has 0 radical (unpaired) electrons. The highest BCUT2D eigenvalue weighted by atomic mass is 79.9. The molecule has 3 amide bonds. The van der Waals surface area contributed by atoms with Gasteiger partial charge in [0.1, 0.15) is 17.7 Å². The highest BCUT2D eigenvalue weighted by molar-refractivity contribution is 9.09. The van der Waals surface area contributed by atoms with E-state index in [0.29, 0.717) is 6.42 Å². The fraction of sp³-hybridized carbons (Fsp3) is 0.577. The first-order chi connectivity index (χ1) is 16.7. The van der Waals surface area contributed by atoms with E-state index in [0.717, 1.165) is 5.56 Å². The first-order valence-electron chi connectivity index (χ1n) is 12.0. The average Bonchev–Trinajstić information content (AvgIpc) is 2.79. The Kier molecular flexibility index (Phi) is 12.8. The Morgan fingerprint density at radius 3 is 2.06 bits per heavy atom. The number of benzene rings is 1. The van der Waals surface area contributed by atoms with Gasteiger partial charge in [-0.3, -0.25) is 24.0 Å². The predicted octanol–water partition coefficient (Wildman–Crippen LogP) is 2.45. The summed E-state index contributed by atoms with van der Waals surface area (Å²) in [5, 5.41) is 7.78. The van der Waals surface area contributed by atoms with Crippen molar-refractivity contribution < 1.29 is 28.7 Å². The molecule has 0 heterocycles. The van der Waals surface area contributed by atoms with Crippen LogP contribution in [0.3, 0.4) is 0 Å². The molecule has 0 aromatic heterocycles. The maximum Gasteiger partial charge on any atom is 0.308 e. The average molecular weight is 569 g/mol. The molecule has 0 spiro atoms. The zero-order valence-electron chi connectivity index (χ0n) is 21.9. The minimum Gasteiger partial charge on any atom is -0.460 e. The molecule has 0 saturated heterocycles. The third-order valence-electron chi connectivity index (χ3n) is 5.13. The van der Waals surface area contributed by atoms with Crippen LogP contribution in [0.5, 0.6) is 0 Å². The first kappa shape index (κ1) is 31.3. The smallest absolute Gasteiger partial charge is 0.308 e. The molecule has 0 aliphatic heterocycles. The van der Waals surface area contributed by atoms with E-state index in [9.17, 15) is 24.0 Å². The van der Waals surface area contributed by atoms with Gasteiger partial charge in [-0.15, -0.1) is 0 Å². The van der Waals surface area contributed by atoms with Crippen molar-refractivity contribution in [1.29, 1.82) is 0 Å². The largest absolute Gasteiger partial charge is 0.460 e. The Morgan fingerprint density at radius 1 is 0.917 bits per heavy atom. The second-order valence-electron chi connectivity index (χ2n) is 9.96. The van der Waals surface area contributed by atoms with E-state index in [-0.39, 0.29) is 30.0 Å². The van der Waals surface area contributed by atoms with E-state index in [2.05, 4.69) is 31.9 Å². The number of hydrogen-bond donors (Lipinski definition) is 3. The molecule has 1 aromatic carbocycles. The number of alkyl halides is 1. The molecule has 1 aromatic rings. The number of aryl methyl sites for hydroxylation is 1. The molecule has 3 N–H and O–H groups in total. The van der Waals surface area contributed by atoms with E-state index < -0.39 is 47.3 Å². The number of Topliss-reactive ketones (excluding diaryl/α,β-unsaturated/α-hetero) is 1. The van der Waals surface area contributed by atoms with Crippen LogP contribution in [0.25, 0.3) is 0 Å². The van der Waals surface area contributed by atoms with Gasteiger partial charge in [-0.2, -0.15) is 0 Å². The number of esters is 1. The van der Waals surface area contributed by atoms with Crippen molar-refractivity contribution in [2.75, 3.05) is 5.33 Å². The van der Waals surface area contributed by atoms with Gasteiger partial charge in [-0.1, -0.05) is 60.1 Å². The molecular weight excluding hydrogens is 530 g/mol. The van der Waals surface area contributed by atoms with Crippen LogP contribution in [0.2, 0.25) is 0 Å². The Bertz CT molecular complexity index is 914. The fourth-order valence-corrected chi connectivity index (χ4v) is 3.63. The summed E-state index contributed by atoms with van der Waals surface area (Å²) in [4.78, 5) is 62.5. The van der Waals surface area contributed by atoms with Gasteiger partial charge in [-0.25, -0.2) is 0 Å². The number of rotatable bonds is 13. The van der Waals surface area contributed by atoms with Crippen molar-refractivity contribution in [2.45, 2.75) is 84.5 Å². The molecule has 200 valence electrons. The Hall–Kier alpha value is -2.75. The molecule has 1 rings (SSSR count). The van der Waals surface area contributed by atoms with Gasteiger partial charge in [0.25, 0.3) is 0 Å². The fourth-order valence-electron chi connectivity index (χ4n) is 3.24. The lowest BCUT2D eigenvalue weighted by atomic mass is 10.0. The highest BCUT2D eigenvalue weighted by Crippen LogP contribution is 2.11. The maximum atomic E-state index is 12.9. The minimum absolute atomic E-state index is 0.0636. The summed E-state index contributed by atoms with van der Waals surface area (Å²) in [7, 11) is 0. The SMILES string of the molecule is CC(C)[C@H](NC(=O)CCc1ccccc1)C(=O)N[C@@H](C)C(=O)NC(CC(=O)OC(C)(C)C)C(=O)CBr. The zero-order chi connectivity index (χ0) is 27.5. The summed E-state index contributed by atoms with van der Waals surface area (Å²) in [6.45, 7) is 10.1. The number of nitrogens with one attached hydrogen (secondary N) is 3. The van der Waals surface area contributed by atoms with Gasteiger partial charge in [-0.05, 0) is 45.6 Å². The van der Waals surface area contributed by atoms with Crippen molar-refractivity contribution in [2.24, 2.45) is 5.92 Å². The number of halogens is 1. The molecule has 0 aliphatic carbocycles. The molecule has 9 nitrogen and oxygen atoms in total. The zero-order valence-corrected chi connectivity index (χ0v) is 23.4. The summed E-state index contributed by atoms with van der Waals surface area (Å²) < 4.78 is 5.24. The predicted molar refractivity (Wildman–Crippen MR) is 140 cm³/mol. The quantitative estimate of drug-likeness (QED) is 0.248. The number of hydrogen-bond acceptors (Lipinski definition) is 6. The molecule has 1 unspecified atom stereocenters. The minimum atomic E-state index is -1.11. The van der Waals surface area contributed by atoms with Gasteiger partial charge < -0.3 is 20.7 Å². The molecule has 36 heavy (non-hydrogen) atoms. The van der Waals surface area contributed by atoms with Crippen LogP contribution in [0.4, 0.5) is 0 Å². The van der Waals surface area contributed by atoms with Crippen molar-refractivity contribution in [3.05, 3.63) is 35.9 Å². The summed E-state index contributed by atoms with van der Waals surface area (Å²) in [5.74, 6) is -2.68. The lowest BCUT2D eigenvalue weighted by Gasteiger charge is -2.25. The maximum absolute atomic E-state index is 12.9. The van der Waals surface area contributed by atoms with E-state index in [4.69, 9.17) is 4.74 Å². The van der Waals surface area contributed by atoms with Crippen molar-refractivity contribution in [3.8, 4) is 0 Å². The second-order valence-corrected chi connectivity index (χ2v) is 10.5. The third kappa shape index (κ3) is 11.8. The molecule has 0 aliphatic rings. The first-order valence-corrected chi connectivity index (χ1v) is 13.1. The van der Waals surface area contributed by atoms with Gasteiger partial charge >= 0.3 is 5.97 Å². The van der Waals surface area contributed by atoms with E-state index in [1.807, 2.05) is 30.3 Å². The number of ketones is 1. The highest BCUT2D eigenvalue weighted by Gasteiger charge is 2.30.